The molecule has 1 aromatic carbocycles. The molecule has 0 spiro atoms. The normalized spacial score (nSPS) is 16.0. The molecule has 3 aromatic rings. The number of esters is 1. The largest absolute Gasteiger partial charge is 0.462 e. The van der Waals surface area contributed by atoms with Crippen LogP contribution in [0.1, 0.15) is 30.1 Å². The molecule has 1 aliphatic rings. The fourth-order valence-electron chi connectivity index (χ4n) is 3.56. The van der Waals surface area contributed by atoms with Gasteiger partial charge in [0, 0.05) is 31.2 Å². The molecule has 160 valence electrons. The number of anilines is 2. The van der Waals surface area contributed by atoms with Crippen LogP contribution >= 0.6 is 0 Å². The van der Waals surface area contributed by atoms with Crippen LogP contribution < -0.4 is 10.2 Å². The number of ether oxygens (including phenoxy) is 1. The molecule has 1 fully saturated rings. The summed E-state index contributed by atoms with van der Waals surface area (Å²) < 4.78 is 6.63. The molecule has 3 heterocycles. The standard InChI is InChI=1S/C22H24N6O3/c1-2-31-22(30)16-6-8-18(9-7-16)24-21(29)17-5-3-13-27(15-17)19-10-11-20(26-25-19)28-14-4-12-23-28/h4,6-12,14,17H,2-3,5,13,15H2,1H3,(H,24,29)/t17-/m1/s1. The van der Waals surface area contributed by atoms with E-state index in [4.69, 9.17) is 4.74 Å². The second-order valence-electron chi connectivity index (χ2n) is 7.27. The lowest BCUT2D eigenvalue weighted by Crippen LogP contribution is -2.41. The molecule has 1 aliphatic heterocycles. The van der Waals surface area contributed by atoms with Crippen molar-refractivity contribution in [2.75, 3.05) is 29.9 Å². The van der Waals surface area contributed by atoms with Gasteiger partial charge in [-0.1, -0.05) is 0 Å². The lowest BCUT2D eigenvalue weighted by Gasteiger charge is -2.32. The summed E-state index contributed by atoms with van der Waals surface area (Å²) in [5, 5.41) is 15.7. The number of carbonyl (C=O) groups is 2. The number of rotatable bonds is 6. The second kappa shape index (κ2) is 9.38. The molecule has 1 atom stereocenters. The van der Waals surface area contributed by atoms with E-state index in [0.717, 1.165) is 25.2 Å². The maximum atomic E-state index is 12.8. The van der Waals surface area contributed by atoms with Gasteiger partial charge in [-0.05, 0) is 62.2 Å². The summed E-state index contributed by atoms with van der Waals surface area (Å²) in [4.78, 5) is 26.6. The highest BCUT2D eigenvalue weighted by molar-refractivity contribution is 5.94. The molecule has 0 aliphatic carbocycles. The van der Waals surface area contributed by atoms with Gasteiger partial charge in [0.2, 0.25) is 5.91 Å². The lowest BCUT2D eigenvalue weighted by molar-refractivity contribution is -0.120. The maximum Gasteiger partial charge on any atom is 0.338 e. The van der Waals surface area contributed by atoms with E-state index in [9.17, 15) is 9.59 Å². The van der Waals surface area contributed by atoms with Crippen LogP contribution in [0.5, 0.6) is 0 Å². The fraction of sp³-hybridized carbons (Fsp3) is 0.318. The predicted molar refractivity (Wildman–Crippen MR) is 115 cm³/mol. The first-order valence-electron chi connectivity index (χ1n) is 10.3. The molecule has 1 saturated heterocycles. The van der Waals surface area contributed by atoms with Gasteiger partial charge in [0.1, 0.15) is 0 Å². The Morgan fingerprint density at radius 3 is 2.58 bits per heavy atom. The van der Waals surface area contributed by atoms with Crippen LogP contribution in [-0.2, 0) is 9.53 Å². The first-order valence-corrected chi connectivity index (χ1v) is 10.3. The quantitative estimate of drug-likeness (QED) is 0.612. The zero-order chi connectivity index (χ0) is 21.6. The van der Waals surface area contributed by atoms with Crippen molar-refractivity contribution in [3.63, 3.8) is 0 Å². The van der Waals surface area contributed by atoms with Crippen molar-refractivity contribution >= 4 is 23.4 Å². The Morgan fingerprint density at radius 2 is 1.90 bits per heavy atom. The zero-order valence-electron chi connectivity index (χ0n) is 17.3. The average Bonchev–Trinajstić information content (AvgIpc) is 3.35. The van der Waals surface area contributed by atoms with Crippen LogP contribution in [0.2, 0.25) is 0 Å². The average molecular weight is 420 g/mol. The predicted octanol–water partition coefficient (Wildman–Crippen LogP) is 2.69. The molecule has 1 amide bonds. The number of nitrogens with one attached hydrogen (secondary N) is 1. The van der Waals surface area contributed by atoms with E-state index in [0.29, 0.717) is 30.2 Å². The topological polar surface area (TPSA) is 102 Å². The third-order valence-corrected chi connectivity index (χ3v) is 5.16. The van der Waals surface area contributed by atoms with Gasteiger partial charge in [-0.25, -0.2) is 9.48 Å². The van der Waals surface area contributed by atoms with Gasteiger partial charge in [0.25, 0.3) is 0 Å². The number of hydrogen-bond acceptors (Lipinski definition) is 7. The Bertz CT molecular complexity index is 1020. The summed E-state index contributed by atoms with van der Waals surface area (Å²) >= 11 is 0. The van der Waals surface area contributed by atoms with Gasteiger partial charge < -0.3 is 15.0 Å². The van der Waals surface area contributed by atoms with Crippen LogP contribution in [0.15, 0.2) is 54.9 Å². The fourth-order valence-corrected chi connectivity index (χ4v) is 3.56. The third-order valence-electron chi connectivity index (χ3n) is 5.16. The Hall–Kier alpha value is -3.75. The number of hydrogen-bond donors (Lipinski definition) is 1. The summed E-state index contributed by atoms with van der Waals surface area (Å²) in [6, 6.07) is 12.3. The maximum absolute atomic E-state index is 12.8. The number of carbonyl (C=O) groups excluding carboxylic acids is 2. The third kappa shape index (κ3) is 4.88. The van der Waals surface area contributed by atoms with E-state index in [1.165, 1.54) is 0 Å². The molecule has 0 radical (unpaired) electrons. The molecular weight excluding hydrogens is 396 g/mol. The monoisotopic (exact) mass is 420 g/mol. The molecule has 2 aromatic heterocycles. The number of nitrogens with zero attached hydrogens (tertiary/aromatic N) is 5. The molecule has 0 saturated carbocycles. The van der Waals surface area contributed by atoms with Gasteiger partial charge in [-0.2, -0.15) is 5.10 Å². The van der Waals surface area contributed by atoms with Gasteiger partial charge >= 0.3 is 5.97 Å². The van der Waals surface area contributed by atoms with Crippen LogP contribution in [-0.4, -0.2) is 51.6 Å². The van der Waals surface area contributed by atoms with Crippen molar-refractivity contribution in [2.45, 2.75) is 19.8 Å². The molecule has 1 N–H and O–H groups in total. The molecule has 31 heavy (non-hydrogen) atoms. The Balaban J connectivity index is 1.37. The molecule has 4 rings (SSSR count). The number of piperidine rings is 1. The Morgan fingerprint density at radius 1 is 1.13 bits per heavy atom. The van der Waals surface area contributed by atoms with Crippen molar-refractivity contribution in [1.29, 1.82) is 0 Å². The minimum Gasteiger partial charge on any atom is -0.462 e. The van der Waals surface area contributed by atoms with Gasteiger partial charge in [0.15, 0.2) is 11.6 Å². The molecular formula is C22H24N6O3. The van der Waals surface area contributed by atoms with Gasteiger partial charge in [-0.15, -0.1) is 10.2 Å². The van der Waals surface area contributed by atoms with Crippen LogP contribution in [0, 0.1) is 5.92 Å². The summed E-state index contributed by atoms with van der Waals surface area (Å²) in [5.74, 6) is 0.808. The smallest absolute Gasteiger partial charge is 0.338 e. The molecule has 9 nitrogen and oxygen atoms in total. The number of amides is 1. The SMILES string of the molecule is CCOC(=O)c1ccc(NC(=O)[C@@H]2CCCN(c3ccc(-n4cccn4)nn3)C2)cc1. The highest BCUT2D eigenvalue weighted by Crippen LogP contribution is 2.23. The van der Waals surface area contributed by atoms with Crippen molar-refractivity contribution in [3.05, 3.63) is 60.4 Å². The highest BCUT2D eigenvalue weighted by atomic mass is 16.5. The minimum atomic E-state index is -0.372. The first-order chi connectivity index (χ1) is 15.1. The van der Waals surface area contributed by atoms with Crippen LogP contribution in [0.3, 0.4) is 0 Å². The van der Waals surface area contributed by atoms with E-state index in [1.807, 2.05) is 24.4 Å². The highest BCUT2D eigenvalue weighted by Gasteiger charge is 2.27. The Labute approximate surface area is 180 Å². The molecule has 0 unspecified atom stereocenters. The van der Waals surface area contributed by atoms with Crippen LogP contribution in [0.25, 0.3) is 5.82 Å². The van der Waals surface area contributed by atoms with Gasteiger partial charge in [0.05, 0.1) is 18.1 Å². The lowest BCUT2D eigenvalue weighted by atomic mass is 9.97. The summed E-state index contributed by atoms with van der Waals surface area (Å²) in [7, 11) is 0. The minimum absolute atomic E-state index is 0.0466. The van der Waals surface area contributed by atoms with E-state index >= 15 is 0 Å². The number of benzene rings is 1. The van der Waals surface area contributed by atoms with Crippen LogP contribution in [0.4, 0.5) is 11.5 Å². The van der Waals surface area contributed by atoms with E-state index < -0.39 is 0 Å². The summed E-state index contributed by atoms with van der Waals surface area (Å²) in [6.07, 6.45) is 5.20. The van der Waals surface area contributed by atoms with E-state index in [2.05, 4.69) is 25.5 Å². The van der Waals surface area contributed by atoms with E-state index in [1.54, 1.807) is 42.1 Å². The van der Waals surface area contributed by atoms with Crippen molar-refractivity contribution in [1.82, 2.24) is 20.0 Å². The molecule has 9 heteroatoms. The Kier molecular flexibility index (Phi) is 6.21. The van der Waals surface area contributed by atoms with Crippen molar-refractivity contribution < 1.29 is 14.3 Å². The van der Waals surface area contributed by atoms with Gasteiger partial charge in [-0.3, -0.25) is 4.79 Å². The van der Waals surface area contributed by atoms with Crippen molar-refractivity contribution in [3.8, 4) is 5.82 Å². The second-order valence-corrected chi connectivity index (χ2v) is 7.27. The van der Waals surface area contributed by atoms with Crippen molar-refractivity contribution in [2.24, 2.45) is 5.92 Å². The molecule has 0 bridgehead atoms. The number of aromatic nitrogens is 4. The zero-order valence-corrected chi connectivity index (χ0v) is 17.3. The van der Waals surface area contributed by atoms with E-state index in [-0.39, 0.29) is 17.8 Å². The summed E-state index contributed by atoms with van der Waals surface area (Å²) in [6.45, 7) is 3.49. The summed E-state index contributed by atoms with van der Waals surface area (Å²) in [5.41, 5.74) is 1.11. The first kappa shape index (κ1) is 20.5.